The highest BCUT2D eigenvalue weighted by molar-refractivity contribution is 6.38. The van der Waals surface area contributed by atoms with Crippen molar-refractivity contribution in [1.82, 2.24) is 31.0 Å². The minimum absolute atomic E-state index is 0.000525. The van der Waals surface area contributed by atoms with Crippen LogP contribution >= 0.6 is 11.8 Å². The molecule has 1 rings (SSSR count). The van der Waals surface area contributed by atoms with E-state index in [-0.39, 0.29) is 38.8 Å². The van der Waals surface area contributed by atoms with Crippen molar-refractivity contribution in [1.29, 1.82) is 0 Å². The van der Waals surface area contributed by atoms with Crippen molar-refractivity contribution < 1.29 is 43.6 Å². The number of rotatable bonds is 22. The number of Topliss-reactive ketones (excluding diaryl/α,β-unsaturated/α-hetero) is 1. The first-order valence-corrected chi connectivity index (χ1v) is 15.2. The molecule has 20 heteroatoms. The quantitative estimate of drug-likeness (QED) is 0.0154. The Morgan fingerprint density at radius 3 is 2.23 bits per heavy atom. The monoisotopic (exact) mass is 699 g/mol. The molecule has 3 atom stereocenters. The molecule has 0 fully saturated rings. The highest BCUT2D eigenvalue weighted by atomic mass is 35.5. The van der Waals surface area contributed by atoms with Crippen LogP contribution in [0.3, 0.4) is 0 Å². The number of carbonyl (C=O) groups is 6. The maximum absolute atomic E-state index is 13.4. The lowest BCUT2D eigenvalue weighted by molar-refractivity contribution is -0.485. The number of alkyl carbamates (subject to hydrolysis) is 1. The van der Waals surface area contributed by atoms with Crippen LogP contribution in [0.5, 0.6) is 0 Å². The molecule has 0 spiro atoms. The van der Waals surface area contributed by atoms with Crippen LogP contribution in [0, 0.1) is 10.1 Å². The van der Waals surface area contributed by atoms with Crippen molar-refractivity contribution in [2.45, 2.75) is 69.7 Å². The van der Waals surface area contributed by atoms with Crippen molar-refractivity contribution in [3.63, 3.8) is 0 Å². The highest BCUT2D eigenvalue weighted by Crippen LogP contribution is 2.08. The molecule has 0 radical (unpaired) electrons. The van der Waals surface area contributed by atoms with Gasteiger partial charge in [-0.15, -0.1) is 0 Å². The summed E-state index contributed by atoms with van der Waals surface area (Å²) in [7, 11) is 2.87. The van der Waals surface area contributed by atoms with Crippen molar-refractivity contribution >= 4 is 53.3 Å². The Kier molecular flexibility index (Phi) is 19.2. The van der Waals surface area contributed by atoms with Gasteiger partial charge in [0.1, 0.15) is 23.8 Å². The van der Waals surface area contributed by atoms with E-state index >= 15 is 0 Å². The Bertz CT molecular complexity index is 1280. The molecular formula is C28H42ClN9O10. The molecule has 48 heavy (non-hydrogen) atoms. The average molecular weight is 700 g/mol. The molecule has 0 aliphatic heterocycles. The lowest BCUT2D eigenvalue weighted by Gasteiger charge is -2.24. The van der Waals surface area contributed by atoms with E-state index in [2.05, 4.69) is 31.2 Å². The summed E-state index contributed by atoms with van der Waals surface area (Å²) in [4.78, 5) is 90.3. The topological polar surface area (TPSA) is 277 Å². The van der Waals surface area contributed by atoms with Crippen molar-refractivity contribution in [2.75, 3.05) is 27.2 Å². The number of ether oxygens (including phenoxy) is 1. The van der Waals surface area contributed by atoms with Crippen LogP contribution in [0.2, 0.25) is 0 Å². The number of nitrogens with two attached hydrogens (primary N) is 1. The summed E-state index contributed by atoms with van der Waals surface area (Å²) in [6, 6.07) is 4.62. The number of unbranched alkanes of at least 4 members (excludes halogenated alkanes) is 1. The minimum Gasteiger partial charge on any atom is -0.481 e. The molecule has 0 saturated carbocycles. The van der Waals surface area contributed by atoms with Crippen LogP contribution < -0.4 is 31.8 Å². The molecule has 0 saturated heterocycles. The summed E-state index contributed by atoms with van der Waals surface area (Å²) < 4.78 is 5.14. The van der Waals surface area contributed by atoms with Gasteiger partial charge in [0, 0.05) is 33.6 Å². The SMILES string of the molecule is CN(C)C(=O)[C@H](CCCN/C(N)=N\[N+](=O)[O-])NC(=O)C(=O)[C@H](CCCCNCl)NC(=O)[C@H](CCC(=O)O)NC(=O)OCc1ccccc1. The molecule has 8 N–H and O–H groups in total. The van der Waals surface area contributed by atoms with Gasteiger partial charge >= 0.3 is 12.1 Å². The molecule has 19 nitrogen and oxygen atoms in total. The van der Waals surface area contributed by atoms with Gasteiger partial charge < -0.3 is 41.7 Å². The zero-order valence-corrected chi connectivity index (χ0v) is 27.4. The second-order valence-corrected chi connectivity index (χ2v) is 10.8. The molecule has 4 amide bonds. The average Bonchev–Trinajstić information content (AvgIpc) is 3.03. The largest absolute Gasteiger partial charge is 0.481 e. The number of hydrogen-bond donors (Lipinski definition) is 7. The van der Waals surface area contributed by atoms with Gasteiger partial charge in [-0.3, -0.25) is 24.0 Å². The number of ketones is 1. The number of hydrogen-bond acceptors (Lipinski definition) is 10. The predicted molar refractivity (Wildman–Crippen MR) is 172 cm³/mol. The number of nitro groups is 1. The number of nitrogens with one attached hydrogen (secondary N) is 5. The summed E-state index contributed by atoms with van der Waals surface area (Å²) >= 11 is 5.50. The number of carbonyl (C=O) groups excluding carboxylic acids is 5. The van der Waals surface area contributed by atoms with Crippen molar-refractivity contribution in [2.24, 2.45) is 10.8 Å². The number of guanidine groups is 1. The fourth-order valence-electron chi connectivity index (χ4n) is 4.13. The van der Waals surface area contributed by atoms with Crippen LogP contribution in [0.1, 0.15) is 50.5 Å². The zero-order chi connectivity index (χ0) is 36.1. The third-order valence-electron chi connectivity index (χ3n) is 6.55. The Labute approximate surface area is 281 Å². The number of carboxylic acid groups (broad SMARTS) is 1. The smallest absolute Gasteiger partial charge is 0.408 e. The summed E-state index contributed by atoms with van der Waals surface area (Å²) in [6.45, 7) is 0.275. The first-order chi connectivity index (χ1) is 22.7. The Hall–Kier alpha value is -5.04. The minimum atomic E-state index is -1.44. The molecule has 0 heterocycles. The molecule has 0 unspecified atom stereocenters. The summed E-state index contributed by atoms with van der Waals surface area (Å²) in [6.07, 6.45) is -0.964. The number of hydrazone groups is 1. The Morgan fingerprint density at radius 2 is 1.62 bits per heavy atom. The molecule has 0 aromatic heterocycles. The van der Waals surface area contributed by atoms with Crippen LogP contribution in [-0.2, 0) is 35.3 Å². The van der Waals surface area contributed by atoms with Crippen LogP contribution in [0.4, 0.5) is 4.79 Å². The standard InChI is InChI=1S/C28H42ClN9O10/c1-37(2)26(44)21(12-8-15-31-27(30)36-38(46)47)34-25(43)23(41)19(11-6-7-16-32-29)33-24(42)20(13-14-22(39)40)35-28(45)48-17-18-9-4-3-5-10-18/h3-5,9-10,19-21,32H,6-8,11-17H2,1-2H3,(H,33,42)(H,34,43)(H,35,45)(H,39,40)(H3,30,31,36)/t19-,20-,21-/m0/s1. The van der Waals surface area contributed by atoms with Crippen LogP contribution in [0.25, 0.3) is 0 Å². The van der Waals surface area contributed by atoms with Crippen LogP contribution in [-0.4, -0.2) is 102 Å². The Morgan fingerprint density at radius 1 is 0.958 bits per heavy atom. The fraction of sp³-hybridized carbons (Fsp3) is 0.536. The van der Waals surface area contributed by atoms with Gasteiger partial charge in [-0.05, 0) is 55.9 Å². The van der Waals surface area contributed by atoms with Crippen LogP contribution in [0.15, 0.2) is 35.4 Å². The Balaban J connectivity index is 3.05. The van der Waals surface area contributed by atoms with Gasteiger partial charge in [-0.2, -0.15) is 0 Å². The maximum atomic E-state index is 13.4. The molecule has 0 bridgehead atoms. The van der Waals surface area contributed by atoms with Gasteiger partial charge in [0.2, 0.25) is 17.6 Å². The molecule has 1 aromatic rings. The third kappa shape index (κ3) is 17.0. The first kappa shape index (κ1) is 41.0. The number of likely N-dealkylation sites (N-methyl/N-ethyl adjacent to an activating group) is 1. The molecular weight excluding hydrogens is 658 g/mol. The molecule has 0 aliphatic carbocycles. The summed E-state index contributed by atoms with van der Waals surface area (Å²) in [5, 5.41) is 31.1. The summed E-state index contributed by atoms with van der Waals surface area (Å²) in [5.74, 6) is -5.47. The van der Waals surface area contributed by atoms with E-state index in [0.717, 1.165) is 0 Å². The van der Waals surface area contributed by atoms with E-state index in [1.807, 2.05) is 0 Å². The van der Waals surface area contributed by atoms with Gasteiger partial charge in [0.05, 0.1) is 6.04 Å². The zero-order valence-electron chi connectivity index (χ0n) is 26.6. The number of halogens is 1. The normalized spacial score (nSPS) is 12.9. The highest BCUT2D eigenvalue weighted by Gasteiger charge is 2.33. The van der Waals surface area contributed by atoms with Gasteiger partial charge in [-0.25, -0.2) is 19.7 Å². The molecule has 0 aliphatic rings. The van der Waals surface area contributed by atoms with Gasteiger partial charge in [-0.1, -0.05) is 30.3 Å². The fourth-order valence-corrected chi connectivity index (χ4v) is 4.26. The van der Waals surface area contributed by atoms with E-state index in [1.54, 1.807) is 30.3 Å². The van der Waals surface area contributed by atoms with E-state index in [0.29, 0.717) is 24.9 Å². The lowest BCUT2D eigenvalue weighted by Crippen LogP contribution is -2.56. The third-order valence-corrected chi connectivity index (χ3v) is 6.74. The maximum Gasteiger partial charge on any atom is 0.408 e. The second kappa shape index (κ2) is 22.5. The number of aliphatic carboxylic acids is 1. The van der Waals surface area contributed by atoms with E-state index in [9.17, 15) is 44.0 Å². The number of nitrogens with zero attached hydrogens (tertiary/aromatic N) is 3. The molecule has 266 valence electrons. The number of benzene rings is 1. The predicted octanol–water partition coefficient (Wildman–Crippen LogP) is -0.437. The van der Waals surface area contributed by atoms with Gasteiger partial charge in [0.25, 0.3) is 11.9 Å². The van der Waals surface area contributed by atoms with E-state index in [1.165, 1.54) is 19.0 Å². The van der Waals surface area contributed by atoms with Crippen molar-refractivity contribution in [3.8, 4) is 0 Å². The lowest BCUT2D eigenvalue weighted by atomic mass is 10.0. The number of carboxylic acids is 1. The second-order valence-electron chi connectivity index (χ2n) is 10.5. The molecule has 1 aromatic carbocycles. The summed E-state index contributed by atoms with van der Waals surface area (Å²) in [5.41, 5.74) is 6.04. The van der Waals surface area contributed by atoms with Gasteiger partial charge in [0.15, 0.2) is 5.03 Å². The van der Waals surface area contributed by atoms with Crippen molar-refractivity contribution in [3.05, 3.63) is 46.0 Å². The number of amides is 4. The first-order valence-electron chi connectivity index (χ1n) is 14.9. The van der Waals surface area contributed by atoms with E-state index in [4.69, 9.17) is 22.2 Å². The van der Waals surface area contributed by atoms with E-state index < -0.39 is 71.1 Å².